The molecule has 6 heteroatoms. The highest BCUT2D eigenvalue weighted by atomic mass is 19.1. The highest BCUT2D eigenvalue weighted by Gasteiger charge is 2.19. The maximum Gasteiger partial charge on any atom is 0.255 e. The summed E-state index contributed by atoms with van der Waals surface area (Å²) < 4.78 is 13.1. The molecule has 4 aromatic rings. The minimum atomic E-state index is -0.428. The topological polar surface area (TPSA) is 71.1 Å². The van der Waals surface area contributed by atoms with Crippen LogP contribution in [0.1, 0.15) is 38.0 Å². The van der Waals surface area contributed by atoms with Gasteiger partial charge >= 0.3 is 0 Å². The van der Waals surface area contributed by atoms with E-state index in [9.17, 15) is 14.0 Å². The van der Waals surface area contributed by atoms with E-state index in [1.807, 2.05) is 48.5 Å². The SMILES string of the molecule is O=C(Nc1cccc(C(=O)N[C@H](c2ccccc2)c2ccccn2)c1)c1ccc(F)cc1. The van der Waals surface area contributed by atoms with Gasteiger partial charge < -0.3 is 10.6 Å². The maximum absolute atomic E-state index is 13.1. The average Bonchev–Trinajstić information content (AvgIpc) is 2.84. The van der Waals surface area contributed by atoms with Gasteiger partial charge in [-0.2, -0.15) is 0 Å². The van der Waals surface area contributed by atoms with Crippen molar-refractivity contribution < 1.29 is 14.0 Å². The number of carbonyl (C=O) groups excluding carboxylic acids is 2. The van der Waals surface area contributed by atoms with Crippen molar-refractivity contribution in [2.75, 3.05) is 5.32 Å². The molecule has 158 valence electrons. The third kappa shape index (κ3) is 5.05. The normalized spacial score (nSPS) is 11.4. The van der Waals surface area contributed by atoms with Gasteiger partial charge in [0.25, 0.3) is 11.8 Å². The van der Waals surface area contributed by atoms with Crippen LogP contribution < -0.4 is 10.6 Å². The summed E-state index contributed by atoms with van der Waals surface area (Å²) in [6, 6.07) is 26.6. The quantitative estimate of drug-likeness (QED) is 0.457. The van der Waals surface area contributed by atoms with Gasteiger partial charge in [-0.1, -0.05) is 42.5 Å². The van der Waals surface area contributed by atoms with Crippen LogP contribution in [0.15, 0.2) is 103 Å². The highest BCUT2D eigenvalue weighted by Crippen LogP contribution is 2.21. The zero-order chi connectivity index (χ0) is 22.3. The molecule has 1 aromatic heterocycles. The molecule has 4 rings (SSSR count). The van der Waals surface area contributed by atoms with Crippen molar-refractivity contribution in [2.45, 2.75) is 6.04 Å². The van der Waals surface area contributed by atoms with E-state index < -0.39 is 17.8 Å². The molecule has 2 amide bonds. The minimum absolute atomic E-state index is 0.303. The first kappa shape index (κ1) is 20.9. The van der Waals surface area contributed by atoms with E-state index in [2.05, 4.69) is 15.6 Å². The van der Waals surface area contributed by atoms with Gasteiger partial charge in [0.1, 0.15) is 5.82 Å². The van der Waals surface area contributed by atoms with Gasteiger partial charge in [-0.3, -0.25) is 14.6 Å². The first-order valence-corrected chi connectivity index (χ1v) is 10.0. The van der Waals surface area contributed by atoms with E-state index in [1.165, 1.54) is 24.3 Å². The summed E-state index contributed by atoms with van der Waals surface area (Å²) in [5.74, 6) is -1.11. The number of rotatable bonds is 6. The zero-order valence-corrected chi connectivity index (χ0v) is 17.0. The average molecular weight is 425 g/mol. The molecular formula is C26H20FN3O2. The van der Waals surface area contributed by atoms with E-state index in [4.69, 9.17) is 0 Å². The van der Waals surface area contributed by atoms with Crippen LogP contribution in [0.3, 0.4) is 0 Å². The Bertz CT molecular complexity index is 1170. The van der Waals surface area contributed by atoms with E-state index in [0.717, 1.165) is 5.56 Å². The van der Waals surface area contributed by atoms with Crippen LogP contribution >= 0.6 is 0 Å². The van der Waals surface area contributed by atoms with Crippen molar-refractivity contribution in [3.05, 3.63) is 131 Å². The molecule has 5 nitrogen and oxygen atoms in total. The number of nitrogens with zero attached hydrogens (tertiary/aromatic N) is 1. The molecule has 3 aromatic carbocycles. The molecule has 2 N–H and O–H groups in total. The van der Waals surface area contributed by atoms with Gasteiger partial charge in [0, 0.05) is 23.0 Å². The molecule has 0 bridgehead atoms. The fraction of sp³-hybridized carbons (Fsp3) is 0.0385. The van der Waals surface area contributed by atoms with Crippen LogP contribution in [0, 0.1) is 5.82 Å². The van der Waals surface area contributed by atoms with Crippen LogP contribution in [0.2, 0.25) is 0 Å². The molecule has 0 spiro atoms. The summed E-state index contributed by atoms with van der Waals surface area (Å²) in [5, 5.41) is 5.76. The summed E-state index contributed by atoms with van der Waals surface area (Å²) in [6.07, 6.45) is 1.68. The summed E-state index contributed by atoms with van der Waals surface area (Å²) in [6.45, 7) is 0. The second kappa shape index (κ2) is 9.66. The second-order valence-corrected chi connectivity index (χ2v) is 7.11. The molecule has 0 fully saturated rings. The van der Waals surface area contributed by atoms with Gasteiger partial charge in [0.05, 0.1) is 11.7 Å². The molecule has 0 unspecified atom stereocenters. The van der Waals surface area contributed by atoms with Crippen LogP contribution in [-0.2, 0) is 0 Å². The van der Waals surface area contributed by atoms with Gasteiger partial charge in [0.15, 0.2) is 0 Å². The molecule has 1 heterocycles. The van der Waals surface area contributed by atoms with Crippen molar-refractivity contribution >= 4 is 17.5 Å². The number of carbonyl (C=O) groups is 2. The third-order valence-corrected chi connectivity index (χ3v) is 4.88. The molecule has 0 aliphatic rings. The fourth-order valence-corrected chi connectivity index (χ4v) is 3.28. The summed E-state index contributed by atoms with van der Waals surface area (Å²) in [4.78, 5) is 29.9. The Morgan fingerprint density at radius 2 is 1.50 bits per heavy atom. The Morgan fingerprint density at radius 1 is 0.750 bits per heavy atom. The molecule has 0 saturated carbocycles. The van der Waals surface area contributed by atoms with Crippen molar-refractivity contribution in [3.63, 3.8) is 0 Å². The number of hydrogen-bond donors (Lipinski definition) is 2. The van der Waals surface area contributed by atoms with Crippen LogP contribution in [0.5, 0.6) is 0 Å². The standard InChI is InChI=1S/C26H20FN3O2/c27-21-14-12-19(13-15-21)25(31)29-22-10-6-9-20(17-22)26(32)30-24(18-7-2-1-3-8-18)23-11-4-5-16-28-23/h1-17,24H,(H,29,31)(H,30,32)/t24-/m1/s1. The molecular weight excluding hydrogens is 405 g/mol. The summed E-state index contributed by atoms with van der Waals surface area (Å²) >= 11 is 0. The van der Waals surface area contributed by atoms with Gasteiger partial charge in [-0.05, 0) is 60.2 Å². The number of anilines is 1. The smallest absolute Gasteiger partial charge is 0.255 e. The number of benzene rings is 3. The van der Waals surface area contributed by atoms with E-state index in [0.29, 0.717) is 22.5 Å². The lowest BCUT2D eigenvalue weighted by Crippen LogP contribution is -2.30. The predicted molar refractivity (Wildman–Crippen MR) is 121 cm³/mol. The molecule has 1 atom stereocenters. The lowest BCUT2D eigenvalue weighted by atomic mass is 10.0. The summed E-state index contributed by atoms with van der Waals surface area (Å²) in [5.41, 5.74) is 2.79. The van der Waals surface area contributed by atoms with E-state index in [1.54, 1.807) is 30.5 Å². The van der Waals surface area contributed by atoms with E-state index in [-0.39, 0.29) is 5.91 Å². The Kier molecular flexibility index (Phi) is 6.32. The Morgan fingerprint density at radius 3 is 2.22 bits per heavy atom. The highest BCUT2D eigenvalue weighted by molar-refractivity contribution is 6.05. The maximum atomic E-state index is 13.1. The lowest BCUT2D eigenvalue weighted by molar-refractivity contribution is 0.0941. The summed E-state index contributed by atoms with van der Waals surface area (Å²) in [7, 11) is 0. The minimum Gasteiger partial charge on any atom is -0.340 e. The molecule has 0 radical (unpaired) electrons. The molecule has 0 aliphatic heterocycles. The predicted octanol–water partition coefficient (Wildman–Crippen LogP) is 4.99. The fourth-order valence-electron chi connectivity index (χ4n) is 3.28. The van der Waals surface area contributed by atoms with Crippen molar-refractivity contribution in [3.8, 4) is 0 Å². The van der Waals surface area contributed by atoms with Crippen molar-refractivity contribution in [1.82, 2.24) is 10.3 Å². The first-order valence-electron chi connectivity index (χ1n) is 10.0. The molecule has 0 aliphatic carbocycles. The van der Waals surface area contributed by atoms with Crippen LogP contribution in [0.4, 0.5) is 10.1 Å². The number of aromatic nitrogens is 1. The largest absolute Gasteiger partial charge is 0.340 e. The Hall–Kier alpha value is -4.32. The van der Waals surface area contributed by atoms with Crippen molar-refractivity contribution in [2.24, 2.45) is 0 Å². The van der Waals surface area contributed by atoms with Crippen LogP contribution in [0.25, 0.3) is 0 Å². The molecule has 0 saturated heterocycles. The Balaban J connectivity index is 1.53. The first-order chi connectivity index (χ1) is 15.6. The Labute approximate surface area is 185 Å². The van der Waals surface area contributed by atoms with Gasteiger partial charge in [-0.15, -0.1) is 0 Å². The number of pyridine rings is 1. The number of halogens is 1. The monoisotopic (exact) mass is 425 g/mol. The second-order valence-electron chi connectivity index (χ2n) is 7.11. The number of hydrogen-bond acceptors (Lipinski definition) is 3. The van der Waals surface area contributed by atoms with Crippen molar-refractivity contribution in [1.29, 1.82) is 0 Å². The number of nitrogens with one attached hydrogen (secondary N) is 2. The van der Waals surface area contributed by atoms with Gasteiger partial charge in [-0.25, -0.2) is 4.39 Å². The number of amides is 2. The van der Waals surface area contributed by atoms with Gasteiger partial charge in [0.2, 0.25) is 0 Å². The molecule has 32 heavy (non-hydrogen) atoms. The zero-order valence-electron chi connectivity index (χ0n) is 17.0. The van der Waals surface area contributed by atoms with E-state index >= 15 is 0 Å². The lowest BCUT2D eigenvalue weighted by Gasteiger charge is -2.19. The van der Waals surface area contributed by atoms with Crippen LogP contribution in [-0.4, -0.2) is 16.8 Å². The third-order valence-electron chi connectivity index (χ3n) is 4.88.